The van der Waals surface area contributed by atoms with Crippen molar-refractivity contribution in [3.05, 3.63) is 33.8 Å². The van der Waals surface area contributed by atoms with Crippen LogP contribution in [0.25, 0.3) is 0 Å². The molecule has 2 atom stereocenters. The molecule has 1 aromatic rings. The number of hydrogen-bond donors (Lipinski definition) is 0. The summed E-state index contributed by atoms with van der Waals surface area (Å²) < 4.78 is 0. The van der Waals surface area contributed by atoms with E-state index in [1.165, 1.54) is 51.6 Å². The van der Waals surface area contributed by atoms with Gasteiger partial charge in [-0.05, 0) is 56.5 Å². The van der Waals surface area contributed by atoms with Gasteiger partial charge in [-0.2, -0.15) is 0 Å². The number of halogens is 3. The van der Waals surface area contributed by atoms with Gasteiger partial charge in [-0.3, -0.25) is 4.90 Å². The minimum atomic E-state index is 0. The lowest BCUT2D eigenvalue weighted by Crippen LogP contribution is -2.53. The van der Waals surface area contributed by atoms with Crippen LogP contribution in [0.1, 0.15) is 44.1 Å². The number of rotatable bonds is 4. The fraction of sp³-hybridized carbons (Fsp3) is 0.632. The van der Waals surface area contributed by atoms with Crippen LogP contribution in [0, 0.1) is 0 Å². The Morgan fingerprint density at radius 1 is 1.12 bits per heavy atom. The van der Waals surface area contributed by atoms with Crippen LogP contribution in [0.5, 0.6) is 0 Å². The third kappa shape index (κ3) is 5.23. The smallest absolute Gasteiger partial charge is 0.0824 e. The zero-order chi connectivity index (χ0) is 17.1. The highest BCUT2D eigenvalue weighted by molar-refractivity contribution is 7.80. The third-order valence-corrected chi connectivity index (χ3v) is 6.71. The Morgan fingerprint density at radius 3 is 2.48 bits per heavy atom. The average Bonchev–Trinajstić information content (AvgIpc) is 3.12. The summed E-state index contributed by atoms with van der Waals surface area (Å²) in [6, 6.07) is 7.02. The van der Waals surface area contributed by atoms with Crippen molar-refractivity contribution < 1.29 is 0 Å². The zero-order valence-electron chi connectivity index (χ0n) is 14.7. The molecule has 6 heteroatoms. The lowest BCUT2D eigenvalue weighted by Gasteiger charge is -2.43. The van der Waals surface area contributed by atoms with Gasteiger partial charge in [-0.1, -0.05) is 54.3 Å². The molecule has 0 N–H and O–H groups in total. The molecule has 25 heavy (non-hydrogen) atoms. The predicted molar refractivity (Wildman–Crippen MR) is 115 cm³/mol. The largest absolute Gasteiger partial charge is 0.364 e. The molecule has 1 saturated carbocycles. The van der Waals surface area contributed by atoms with Crippen LogP contribution in [-0.4, -0.2) is 47.0 Å². The molecule has 1 aliphatic heterocycles. The first-order chi connectivity index (χ1) is 11.6. The van der Waals surface area contributed by atoms with Crippen LogP contribution < -0.4 is 0 Å². The quantitative estimate of drug-likeness (QED) is 0.582. The summed E-state index contributed by atoms with van der Waals surface area (Å²) >= 11 is 17.9. The summed E-state index contributed by atoms with van der Waals surface area (Å²) in [6.45, 7) is 2.52. The second kappa shape index (κ2) is 9.75. The molecule has 0 radical (unpaired) electrons. The topological polar surface area (TPSA) is 6.48 Å². The number of likely N-dealkylation sites (N-methyl/N-ethyl adjacent to an activating group) is 1. The van der Waals surface area contributed by atoms with Gasteiger partial charge in [-0.15, -0.1) is 12.4 Å². The summed E-state index contributed by atoms with van der Waals surface area (Å²) in [6.07, 6.45) is 8.68. The average molecular weight is 422 g/mol. The molecule has 2 aliphatic rings. The monoisotopic (exact) mass is 420 g/mol. The van der Waals surface area contributed by atoms with Crippen LogP contribution in [0.15, 0.2) is 18.2 Å². The highest BCUT2D eigenvalue weighted by atomic mass is 35.5. The van der Waals surface area contributed by atoms with Crippen molar-refractivity contribution in [2.45, 2.75) is 57.0 Å². The summed E-state index contributed by atoms with van der Waals surface area (Å²) in [5.41, 5.74) is 1.13. The molecule has 1 aliphatic carbocycles. The SMILES string of the molecule is CN(C(=S)Cc1ccc(Cl)c(Cl)c1)C1CCCC[C@@H]1N1CCCC1.Cl. The van der Waals surface area contributed by atoms with E-state index in [2.05, 4.69) is 16.8 Å². The molecule has 0 spiro atoms. The standard InChI is InChI=1S/C19H26Cl2N2S.ClH/c1-22(19(24)13-14-8-9-15(20)16(21)12-14)17-6-2-3-7-18(17)23-10-4-5-11-23;/h8-9,12,17-18H,2-7,10-11,13H2,1H3;1H/t17?,18-;/m0./s1. The lowest BCUT2D eigenvalue weighted by atomic mass is 9.88. The summed E-state index contributed by atoms with van der Waals surface area (Å²) in [4.78, 5) is 6.06. The molecule has 2 fully saturated rings. The summed E-state index contributed by atoms with van der Waals surface area (Å²) in [5.74, 6) is 0. The first-order valence-corrected chi connectivity index (χ1v) is 10.2. The van der Waals surface area contributed by atoms with Crippen molar-refractivity contribution in [1.82, 2.24) is 9.80 Å². The Labute approximate surface area is 173 Å². The van der Waals surface area contributed by atoms with Crippen molar-refractivity contribution in [1.29, 1.82) is 0 Å². The van der Waals surface area contributed by atoms with Crippen LogP contribution in [0.2, 0.25) is 10.0 Å². The molecular weight excluding hydrogens is 395 g/mol. The van der Waals surface area contributed by atoms with Crippen molar-refractivity contribution >= 4 is 52.8 Å². The first-order valence-electron chi connectivity index (χ1n) is 9.00. The fourth-order valence-electron chi connectivity index (χ4n) is 4.18. The molecule has 140 valence electrons. The molecule has 2 nitrogen and oxygen atoms in total. The second-order valence-electron chi connectivity index (χ2n) is 7.09. The second-order valence-corrected chi connectivity index (χ2v) is 8.38. The highest BCUT2D eigenvalue weighted by Crippen LogP contribution is 2.30. The third-order valence-electron chi connectivity index (χ3n) is 5.53. The Morgan fingerprint density at radius 2 is 1.80 bits per heavy atom. The van der Waals surface area contributed by atoms with Gasteiger partial charge in [-0.25, -0.2) is 0 Å². The molecule has 1 saturated heterocycles. The van der Waals surface area contributed by atoms with E-state index in [0.717, 1.165) is 17.0 Å². The molecule has 1 aromatic carbocycles. The Balaban J connectivity index is 0.00000225. The minimum absolute atomic E-state index is 0. The molecule has 0 aromatic heterocycles. The van der Waals surface area contributed by atoms with Crippen molar-refractivity contribution in [3.8, 4) is 0 Å². The van der Waals surface area contributed by atoms with Crippen molar-refractivity contribution in [2.24, 2.45) is 0 Å². The Bertz CT molecular complexity index is 590. The molecule has 1 unspecified atom stereocenters. The predicted octanol–water partition coefficient (Wildman–Crippen LogP) is 5.62. The van der Waals surface area contributed by atoms with E-state index in [4.69, 9.17) is 35.4 Å². The van der Waals surface area contributed by atoms with Gasteiger partial charge in [0.25, 0.3) is 0 Å². The van der Waals surface area contributed by atoms with E-state index in [0.29, 0.717) is 22.1 Å². The zero-order valence-corrected chi connectivity index (χ0v) is 17.9. The molecule has 0 bridgehead atoms. The van der Waals surface area contributed by atoms with E-state index in [1.807, 2.05) is 18.2 Å². The van der Waals surface area contributed by atoms with Crippen LogP contribution in [0.3, 0.4) is 0 Å². The normalized spacial score (nSPS) is 24.0. The van der Waals surface area contributed by atoms with E-state index < -0.39 is 0 Å². The maximum atomic E-state index is 6.14. The molecular formula is C19H27Cl3N2S. The maximum absolute atomic E-state index is 6.14. The van der Waals surface area contributed by atoms with Gasteiger partial charge >= 0.3 is 0 Å². The van der Waals surface area contributed by atoms with Gasteiger partial charge in [0.1, 0.15) is 0 Å². The van der Waals surface area contributed by atoms with Crippen LogP contribution in [-0.2, 0) is 6.42 Å². The molecule has 1 heterocycles. The lowest BCUT2D eigenvalue weighted by molar-refractivity contribution is 0.111. The van der Waals surface area contributed by atoms with Crippen LogP contribution >= 0.6 is 47.8 Å². The Hall–Kier alpha value is -0.0600. The number of hydrogen-bond acceptors (Lipinski definition) is 2. The Kier molecular flexibility index (Phi) is 8.29. The van der Waals surface area contributed by atoms with E-state index in [9.17, 15) is 0 Å². The van der Waals surface area contributed by atoms with E-state index >= 15 is 0 Å². The van der Waals surface area contributed by atoms with Gasteiger partial charge < -0.3 is 4.90 Å². The molecule has 0 amide bonds. The van der Waals surface area contributed by atoms with Gasteiger partial charge in [0.15, 0.2) is 0 Å². The minimum Gasteiger partial charge on any atom is -0.364 e. The number of benzene rings is 1. The summed E-state index contributed by atoms with van der Waals surface area (Å²) in [7, 11) is 2.18. The van der Waals surface area contributed by atoms with Gasteiger partial charge in [0.05, 0.1) is 15.0 Å². The maximum Gasteiger partial charge on any atom is 0.0824 e. The number of nitrogens with zero attached hydrogens (tertiary/aromatic N) is 2. The first kappa shape index (κ1) is 21.2. The van der Waals surface area contributed by atoms with Gasteiger partial charge in [0.2, 0.25) is 0 Å². The summed E-state index contributed by atoms with van der Waals surface area (Å²) in [5, 5.41) is 1.20. The highest BCUT2D eigenvalue weighted by Gasteiger charge is 2.34. The van der Waals surface area contributed by atoms with Crippen LogP contribution in [0.4, 0.5) is 0 Å². The van der Waals surface area contributed by atoms with Gasteiger partial charge in [0, 0.05) is 25.6 Å². The van der Waals surface area contributed by atoms with E-state index in [-0.39, 0.29) is 12.4 Å². The van der Waals surface area contributed by atoms with Crippen molar-refractivity contribution in [3.63, 3.8) is 0 Å². The van der Waals surface area contributed by atoms with E-state index in [1.54, 1.807) is 0 Å². The fourth-order valence-corrected chi connectivity index (χ4v) is 4.80. The molecule has 3 rings (SSSR count). The van der Waals surface area contributed by atoms with Crippen molar-refractivity contribution in [2.75, 3.05) is 20.1 Å². The number of thiocarbonyl (C=S) groups is 1. The number of likely N-dealkylation sites (tertiary alicyclic amines) is 1.